The molecule has 3 rings (SSSR count). The molecule has 0 atom stereocenters. The zero-order valence-corrected chi connectivity index (χ0v) is 15.0. The fourth-order valence-corrected chi connectivity index (χ4v) is 3.39. The minimum Gasteiger partial charge on any atom is -0.331 e. The van der Waals surface area contributed by atoms with E-state index in [4.69, 9.17) is 0 Å². The molecule has 7 heteroatoms. The van der Waals surface area contributed by atoms with Gasteiger partial charge in [-0.1, -0.05) is 39.4 Å². The normalized spacial score (nSPS) is 10.5. The third kappa shape index (κ3) is 3.98. The predicted molar refractivity (Wildman–Crippen MR) is 98.6 cm³/mol. The number of rotatable bonds is 4. The SMILES string of the molecule is Cc1nc(Nc2cccc(F)c2)sc1C(=O)Nc1cccc(Br)c1. The molecule has 0 aliphatic rings. The minimum absolute atomic E-state index is 0.226. The Bertz CT molecular complexity index is 897. The number of aromatic nitrogens is 1. The first-order chi connectivity index (χ1) is 11.5. The molecule has 0 bridgehead atoms. The second kappa shape index (κ2) is 7.11. The maximum Gasteiger partial charge on any atom is 0.267 e. The van der Waals surface area contributed by atoms with Crippen molar-refractivity contribution in [3.05, 3.63) is 69.4 Å². The van der Waals surface area contributed by atoms with Crippen LogP contribution in [-0.2, 0) is 0 Å². The summed E-state index contributed by atoms with van der Waals surface area (Å²) in [5.41, 5.74) is 1.90. The van der Waals surface area contributed by atoms with Crippen LogP contribution >= 0.6 is 27.3 Å². The number of amides is 1. The third-order valence-electron chi connectivity index (χ3n) is 3.16. The second-order valence-corrected chi connectivity index (χ2v) is 6.95. The van der Waals surface area contributed by atoms with E-state index in [1.54, 1.807) is 19.1 Å². The van der Waals surface area contributed by atoms with E-state index in [1.807, 2.05) is 24.3 Å². The maximum absolute atomic E-state index is 13.2. The summed E-state index contributed by atoms with van der Waals surface area (Å²) < 4.78 is 14.1. The number of carbonyl (C=O) groups excluding carboxylic acids is 1. The van der Waals surface area contributed by atoms with E-state index in [0.29, 0.717) is 27.1 Å². The lowest BCUT2D eigenvalue weighted by molar-refractivity contribution is 0.103. The van der Waals surface area contributed by atoms with Crippen LogP contribution in [0.5, 0.6) is 0 Å². The van der Waals surface area contributed by atoms with E-state index < -0.39 is 0 Å². The van der Waals surface area contributed by atoms with Gasteiger partial charge in [0.15, 0.2) is 5.13 Å². The molecule has 2 N–H and O–H groups in total. The van der Waals surface area contributed by atoms with E-state index in [1.165, 1.54) is 23.5 Å². The number of halogens is 2. The Morgan fingerprint density at radius 1 is 1.17 bits per heavy atom. The van der Waals surface area contributed by atoms with E-state index >= 15 is 0 Å². The Hall–Kier alpha value is -2.25. The van der Waals surface area contributed by atoms with Crippen LogP contribution in [0.25, 0.3) is 0 Å². The molecule has 3 aromatic rings. The summed E-state index contributed by atoms with van der Waals surface area (Å²) in [6.45, 7) is 1.77. The van der Waals surface area contributed by atoms with E-state index in [9.17, 15) is 9.18 Å². The Morgan fingerprint density at radius 3 is 2.67 bits per heavy atom. The predicted octanol–water partition coefficient (Wildman–Crippen LogP) is 5.35. The number of nitrogens with zero attached hydrogens (tertiary/aromatic N) is 1. The number of hydrogen-bond donors (Lipinski definition) is 2. The van der Waals surface area contributed by atoms with Gasteiger partial charge >= 0.3 is 0 Å². The molecule has 122 valence electrons. The van der Waals surface area contributed by atoms with E-state index in [-0.39, 0.29) is 11.7 Å². The van der Waals surface area contributed by atoms with Crippen molar-refractivity contribution in [1.29, 1.82) is 0 Å². The van der Waals surface area contributed by atoms with Gasteiger partial charge in [0.25, 0.3) is 5.91 Å². The van der Waals surface area contributed by atoms with Gasteiger partial charge in [0.05, 0.1) is 5.69 Å². The van der Waals surface area contributed by atoms with Gasteiger partial charge in [-0.25, -0.2) is 9.37 Å². The van der Waals surface area contributed by atoms with Gasteiger partial charge in [-0.15, -0.1) is 0 Å². The van der Waals surface area contributed by atoms with Gasteiger partial charge in [0, 0.05) is 15.8 Å². The molecule has 0 fully saturated rings. The quantitative estimate of drug-likeness (QED) is 0.614. The number of nitrogens with one attached hydrogen (secondary N) is 2. The molecule has 1 aromatic heterocycles. The molecule has 2 aromatic carbocycles. The molecule has 0 aliphatic heterocycles. The average molecular weight is 406 g/mol. The highest BCUT2D eigenvalue weighted by atomic mass is 79.9. The van der Waals surface area contributed by atoms with Crippen molar-refractivity contribution in [1.82, 2.24) is 4.98 Å². The highest BCUT2D eigenvalue weighted by molar-refractivity contribution is 9.10. The first kappa shape index (κ1) is 16.6. The van der Waals surface area contributed by atoms with Crippen LogP contribution in [0.15, 0.2) is 53.0 Å². The third-order valence-corrected chi connectivity index (χ3v) is 4.73. The van der Waals surface area contributed by atoms with Crippen LogP contribution in [0.1, 0.15) is 15.4 Å². The maximum atomic E-state index is 13.2. The average Bonchev–Trinajstić information content (AvgIpc) is 2.88. The molecule has 0 aliphatic carbocycles. The first-order valence-corrected chi connectivity index (χ1v) is 8.69. The number of carbonyl (C=O) groups is 1. The Balaban J connectivity index is 1.77. The number of thiazole rings is 1. The van der Waals surface area contributed by atoms with Crippen molar-refractivity contribution in [3.8, 4) is 0 Å². The molecule has 0 spiro atoms. The Kier molecular flexibility index (Phi) is 4.92. The number of anilines is 3. The summed E-state index contributed by atoms with van der Waals surface area (Å²) in [6.07, 6.45) is 0. The molecule has 0 radical (unpaired) electrons. The first-order valence-electron chi connectivity index (χ1n) is 7.08. The van der Waals surface area contributed by atoms with Crippen molar-refractivity contribution in [2.24, 2.45) is 0 Å². The summed E-state index contributed by atoms with van der Waals surface area (Å²) >= 11 is 4.59. The Morgan fingerprint density at radius 2 is 1.92 bits per heavy atom. The number of hydrogen-bond acceptors (Lipinski definition) is 4. The van der Waals surface area contributed by atoms with Gasteiger partial charge in [-0.2, -0.15) is 0 Å². The van der Waals surface area contributed by atoms with Gasteiger partial charge < -0.3 is 10.6 Å². The van der Waals surface area contributed by atoms with E-state index in [2.05, 4.69) is 31.5 Å². The van der Waals surface area contributed by atoms with Crippen molar-refractivity contribution in [3.63, 3.8) is 0 Å². The van der Waals surface area contributed by atoms with Gasteiger partial charge in [0.2, 0.25) is 0 Å². The zero-order valence-electron chi connectivity index (χ0n) is 12.6. The molecular weight excluding hydrogens is 393 g/mol. The fraction of sp³-hybridized carbons (Fsp3) is 0.0588. The van der Waals surface area contributed by atoms with Crippen molar-refractivity contribution in [2.75, 3.05) is 10.6 Å². The molecule has 1 amide bonds. The minimum atomic E-state index is -0.333. The highest BCUT2D eigenvalue weighted by Gasteiger charge is 2.16. The summed E-state index contributed by atoms with van der Waals surface area (Å²) in [7, 11) is 0. The summed E-state index contributed by atoms with van der Waals surface area (Å²) in [4.78, 5) is 17.3. The topological polar surface area (TPSA) is 54.0 Å². The standard InChI is InChI=1S/C17H13BrFN3OS/c1-10-15(16(23)21-13-6-2-4-11(18)8-13)24-17(20-10)22-14-7-3-5-12(19)9-14/h2-9H,1H3,(H,20,22)(H,21,23). The smallest absolute Gasteiger partial charge is 0.267 e. The molecule has 0 saturated heterocycles. The molecule has 0 unspecified atom stereocenters. The second-order valence-electron chi connectivity index (χ2n) is 5.03. The van der Waals surface area contributed by atoms with Gasteiger partial charge in [0.1, 0.15) is 10.7 Å². The van der Waals surface area contributed by atoms with Crippen molar-refractivity contribution in [2.45, 2.75) is 6.92 Å². The lowest BCUT2D eigenvalue weighted by atomic mass is 10.3. The monoisotopic (exact) mass is 405 g/mol. The molecular formula is C17H13BrFN3OS. The number of aryl methyl sites for hydroxylation is 1. The van der Waals surface area contributed by atoms with Crippen LogP contribution in [0, 0.1) is 12.7 Å². The lowest BCUT2D eigenvalue weighted by Gasteiger charge is -2.04. The van der Waals surface area contributed by atoms with Crippen molar-refractivity contribution < 1.29 is 9.18 Å². The molecule has 1 heterocycles. The van der Waals surface area contributed by atoms with Crippen LogP contribution < -0.4 is 10.6 Å². The van der Waals surface area contributed by atoms with Gasteiger partial charge in [-0.05, 0) is 43.3 Å². The summed E-state index contributed by atoms with van der Waals surface area (Å²) in [5.74, 6) is -0.559. The van der Waals surface area contributed by atoms with Crippen molar-refractivity contribution >= 4 is 49.7 Å². The van der Waals surface area contributed by atoms with Crippen LogP contribution in [0.4, 0.5) is 20.9 Å². The van der Waals surface area contributed by atoms with Crippen LogP contribution in [-0.4, -0.2) is 10.9 Å². The van der Waals surface area contributed by atoms with Gasteiger partial charge in [-0.3, -0.25) is 4.79 Å². The Labute approximate surface area is 150 Å². The molecule has 4 nitrogen and oxygen atoms in total. The molecule has 0 saturated carbocycles. The summed E-state index contributed by atoms with van der Waals surface area (Å²) in [6, 6.07) is 13.4. The fourth-order valence-electron chi connectivity index (χ4n) is 2.10. The summed E-state index contributed by atoms with van der Waals surface area (Å²) in [5, 5.41) is 6.39. The van der Waals surface area contributed by atoms with E-state index in [0.717, 1.165) is 4.47 Å². The van der Waals surface area contributed by atoms with Crippen LogP contribution in [0.3, 0.4) is 0 Å². The lowest BCUT2D eigenvalue weighted by Crippen LogP contribution is -2.11. The highest BCUT2D eigenvalue weighted by Crippen LogP contribution is 2.27. The zero-order chi connectivity index (χ0) is 17.1. The number of benzene rings is 2. The largest absolute Gasteiger partial charge is 0.331 e. The molecule has 24 heavy (non-hydrogen) atoms. The van der Waals surface area contributed by atoms with Crippen LogP contribution in [0.2, 0.25) is 0 Å².